The van der Waals surface area contributed by atoms with Gasteiger partial charge < -0.3 is 20.6 Å². The Balaban J connectivity index is 1.52. The van der Waals surface area contributed by atoms with Gasteiger partial charge in [-0.1, -0.05) is 24.3 Å². The first-order valence-electron chi connectivity index (χ1n) is 8.77. The molecular weight excluding hydrogens is 330 g/mol. The maximum atomic E-state index is 12.8. The van der Waals surface area contributed by atoms with Crippen LogP contribution in [-0.4, -0.2) is 40.4 Å². The number of anilines is 2. The van der Waals surface area contributed by atoms with Crippen molar-refractivity contribution < 1.29 is 14.7 Å². The molecule has 134 valence electrons. The fraction of sp³-hybridized carbons (Fsp3) is 0.300. The van der Waals surface area contributed by atoms with E-state index in [0.29, 0.717) is 37.1 Å². The molecule has 4 rings (SSSR count). The highest BCUT2D eigenvalue weighted by Crippen LogP contribution is 2.36. The van der Waals surface area contributed by atoms with Crippen LogP contribution < -0.4 is 10.6 Å². The molecule has 2 aromatic carbocycles. The van der Waals surface area contributed by atoms with Crippen molar-refractivity contribution in [1.82, 2.24) is 4.90 Å². The van der Waals surface area contributed by atoms with Gasteiger partial charge >= 0.3 is 0 Å². The molecule has 6 nitrogen and oxygen atoms in total. The lowest BCUT2D eigenvalue weighted by Gasteiger charge is -2.44. The zero-order chi connectivity index (χ0) is 18.3. The van der Waals surface area contributed by atoms with Gasteiger partial charge in [0.25, 0.3) is 5.91 Å². The van der Waals surface area contributed by atoms with Gasteiger partial charge in [0.2, 0.25) is 5.91 Å². The molecular formula is C20H21N3O3. The monoisotopic (exact) mass is 351 g/mol. The lowest BCUT2D eigenvalue weighted by molar-refractivity contribution is -0.122. The third kappa shape index (κ3) is 2.58. The van der Waals surface area contributed by atoms with Crippen molar-refractivity contribution in [3.05, 3.63) is 53.6 Å². The fourth-order valence-corrected chi connectivity index (χ4v) is 3.70. The number of phenols is 1. The summed E-state index contributed by atoms with van der Waals surface area (Å²) in [6.45, 7) is 2.68. The van der Waals surface area contributed by atoms with E-state index in [1.54, 1.807) is 30.0 Å². The summed E-state index contributed by atoms with van der Waals surface area (Å²) in [5, 5.41) is 16.5. The van der Waals surface area contributed by atoms with Gasteiger partial charge in [0, 0.05) is 13.1 Å². The second-order valence-corrected chi connectivity index (χ2v) is 6.97. The predicted molar refractivity (Wildman–Crippen MR) is 99.4 cm³/mol. The van der Waals surface area contributed by atoms with Crippen LogP contribution in [0.5, 0.6) is 5.75 Å². The summed E-state index contributed by atoms with van der Waals surface area (Å²) < 4.78 is 0. The van der Waals surface area contributed by atoms with E-state index in [-0.39, 0.29) is 17.6 Å². The highest BCUT2D eigenvalue weighted by atomic mass is 16.3. The minimum Gasteiger partial charge on any atom is -0.507 e. The van der Waals surface area contributed by atoms with Crippen molar-refractivity contribution in [1.29, 1.82) is 0 Å². The van der Waals surface area contributed by atoms with E-state index < -0.39 is 5.54 Å². The summed E-state index contributed by atoms with van der Waals surface area (Å²) >= 11 is 0. The number of nitrogens with zero attached hydrogens (tertiary/aromatic N) is 1. The van der Waals surface area contributed by atoms with Crippen molar-refractivity contribution in [2.24, 2.45) is 0 Å². The first-order valence-corrected chi connectivity index (χ1v) is 8.77. The molecule has 0 bridgehead atoms. The normalized spacial score (nSPS) is 18.0. The van der Waals surface area contributed by atoms with Crippen LogP contribution in [0.1, 0.15) is 28.8 Å². The second-order valence-electron chi connectivity index (χ2n) is 6.97. The molecule has 0 unspecified atom stereocenters. The Labute approximate surface area is 151 Å². The molecule has 0 aliphatic carbocycles. The van der Waals surface area contributed by atoms with Crippen LogP contribution in [0.3, 0.4) is 0 Å². The molecule has 0 atom stereocenters. The quantitative estimate of drug-likeness (QED) is 0.738. The van der Waals surface area contributed by atoms with E-state index in [0.717, 1.165) is 11.4 Å². The van der Waals surface area contributed by atoms with Crippen LogP contribution >= 0.6 is 0 Å². The number of benzene rings is 2. The molecule has 1 fully saturated rings. The zero-order valence-corrected chi connectivity index (χ0v) is 14.6. The highest BCUT2D eigenvalue weighted by molar-refractivity contribution is 6.06. The minimum atomic E-state index is -0.695. The van der Waals surface area contributed by atoms with Crippen LogP contribution in [0.4, 0.5) is 11.4 Å². The van der Waals surface area contributed by atoms with E-state index in [9.17, 15) is 14.7 Å². The Kier molecular flexibility index (Phi) is 3.83. The van der Waals surface area contributed by atoms with Crippen molar-refractivity contribution in [2.45, 2.75) is 25.3 Å². The van der Waals surface area contributed by atoms with Gasteiger partial charge in [0.15, 0.2) is 0 Å². The molecule has 0 saturated carbocycles. The van der Waals surface area contributed by atoms with Gasteiger partial charge in [-0.05, 0) is 43.5 Å². The standard InChI is InChI=1S/C20H21N3O3/c1-13-5-4-6-14(17(13)24)18(25)23-11-9-20(10-12-23)19(26)21-15-7-2-3-8-16(15)22-20/h2-8,22,24H,9-12H2,1H3,(H,21,26). The fourth-order valence-electron chi connectivity index (χ4n) is 3.70. The smallest absolute Gasteiger partial charge is 0.257 e. The number of fused-ring (bicyclic) bond motifs is 1. The highest BCUT2D eigenvalue weighted by Gasteiger charge is 2.45. The van der Waals surface area contributed by atoms with E-state index in [2.05, 4.69) is 10.6 Å². The molecule has 2 aromatic rings. The number of amides is 2. The Morgan fingerprint density at radius 2 is 1.77 bits per heavy atom. The molecule has 1 spiro atoms. The van der Waals surface area contributed by atoms with Gasteiger partial charge in [-0.25, -0.2) is 0 Å². The van der Waals surface area contributed by atoms with E-state index in [1.807, 2.05) is 24.3 Å². The number of carbonyl (C=O) groups is 2. The maximum Gasteiger partial charge on any atom is 0.257 e. The molecule has 26 heavy (non-hydrogen) atoms. The first-order chi connectivity index (χ1) is 12.5. The minimum absolute atomic E-state index is 0.0280. The summed E-state index contributed by atoms with van der Waals surface area (Å²) in [7, 11) is 0. The van der Waals surface area contributed by atoms with Crippen molar-refractivity contribution >= 4 is 23.2 Å². The van der Waals surface area contributed by atoms with E-state index in [1.165, 1.54) is 0 Å². The molecule has 2 aliphatic rings. The zero-order valence-electron chi connectivity index (χ0n) is 14.6. The number of aromatic hydroxyl groups is 1. The number of nitrogens with one attached hydrogen (secondary N) is 2. The van der Waals surface area contributed by atoms with Crippen LogP contribution in [0.25, 0.3) is 0 Å². The van der Waals surface area contributed by atoms with Crippen LogP contribution in [0.2, 0.25) is 0 Å². The number of rotatable bonds is 1. The van der Waals surface area contributed by atoms with Gasteiger partial charge in [-0.15, -0.1) is 0 Å². The average Bonchev–Trinajstić information content (AvgIpc) is 2.65. The Hall–Kier alpha value is -3.02. The molecule has 2 aliphatic heterocycles. The molecule has 1 saturated heterocycles. The number of likely N-dealkylation sites (tertiary alicyclic amines) is 1. The Bertz CT molecular complexity index is 886. The summed E-state index contributed by atoms with van der Waals surface area (Å²) in [6, 6.07) is 12.8. The largest absolute Gasteiger partial charge is 0.507 e. The van der Waals surface area contributed by atoms with Gasteiger partial charge in [0.05, 0.1) is 16.9 Å². The van der Waals surface area contributed by atoms with E-state index >= 15 is 0 Å². The molecule has 6 heteroatoms. The number of aryl methyl sites for hydroxylation is 1. The molecule has 0 aromatic heterocycles. The number of hydrogen-bond acceptors (Lipinski definition) is 4. The maximum absolute atomic E-state index is 12.8. The third-order valence-electron chi connectivity index (χ3n) is 5.36. The van der Waals surface area contributed by atoms with Crippen molar-refractivity contribution in [2.75, 3.05) is 23.7 Å². The predicted octanol–water partition coefficient (Wildman–Crippen LogP) is 2.74. The average molecular weight is 351 g/mol. The molecule has 3 N–H and O–H groups in total. The summed E-state index contributed by atoms with van der Waals surface area (Å²) in [4.78, 5) is 27.1. The van der Waals surface area contributed by atoms with Gasteiger partial charge in [-0.3, -0.25) is 9.59 Å². The first kappa shape index (κ1) is 16.4. The van der Waals surface area contributed by atoms with Crippen molar-refractivity contribution in [3.63, 3.8) is 0 Å². The van der Waals surface area contributed by atoms with Gasteiger partial charge in [0.1, 0.15) is 11.3 Å². The second kappa shape index (κ2) is 6.05. The number of hydrogen-bond donors (Lipinski definition) is 3. The van der Waals surface area contributed by atoms with Gasteiger partial charge in [-0.2, -0.15) is 0 Å². The SMILES string of the molecule is Cc1cccc(C(=O)N2CCC3(CC2)Nc2ccccc2NC3=O)c1O. The summed E-state index contributed by atoms with van der Waals surface area (Å²) in [5.74, 6) is -0.223. The number of para-hydroxylation sites is 3. The lowest BCUT2D eigenvalue weighted by atomic mass is 9.84. The lowest BCUT2D eigenvalue weighted by Crippen LogP contribution is -2.59. The summed E-state index contributed by atoms with van der Waals surface area (Å²) in [6.07, 6.45) is 1.04. The number of piperidine rings is 1. The Morgan fingerprint density at radius 3 is 2.50 bits per heavy atom. The summed E-state index contributed by atoms with van der Waals surface area (Å²) in [5.41, 5.74) is 1.98. The van der Waals surface area contributed by atoms with Crippen molar-refractivity contribution in [3.8, 4) is 5.75 Å². The van der Waals surface area contributed by atoms with Crippen LogP contribution in [-0.2, 0) is 4.79 Å². The molecule has 2 amide bonds. The number of phenolic OH excluding ortho intramolecular Hbond substituents is 1. The molecule has 2 heterocycles. The topological polar surface area (TPSA) is 81.7 Å². The third-order valence-corrected chi connectivity index (χ3v) is 5.36. The van der Waals surface area contributed by atoms with E-state index in [4.69, 9.17) is 0 Å². The van der Waals surface area contributed by atoms with Crippen LogP contribution in [0, 0.1) is 6.92 Å². The number of carbonyl (C=O) groups excluding carboxylic acids is 2. The van der Waals surface area contributed by atoms with Crippen LogP contribution in [0.15, 0.2) is 42.5 Å². The Morgan fingerprint density at radius 1 is 1.08 bits per heavy atom. The molecule has 0 radical (unpaired) electrons.